The summed E-state index contributed by atoms with van der Waals surface area (Å²) >= 11 is 0. The van der Waals surface area contributed by atoms with Gasteiger partial charge in [-0.15, -0.1) is 0 Å². The van der Waals surface area contributed by atoms with Crippen molar-refractivity contribution < 1.29 is 14.6 Å². The highest BCUT2D eigenvalue weighted by atomic mass is 16.5. The van der Waals surface area contributed by atoms with Crippen LogP contribution in [0.1, 0.15) is 11.1 Å². The number of benzene rings is 1. The molecule has 19 heavy (non-hydrogen) atoms. The third-order valence-corrected chi connectivity index (χ3v) is 2.95. The first kappa shape index (κ1) is 15.6. The van der Waals surface area contributed by atoms with E-state index in [1.54, 1.807) is 7.05 Å². The minimum absolute atomic E-state index is 0.0453. The van der Waals surface area contributed by atoms with Crippen LogP contribution in [0, 0.1) is 0 Å². The van der Waals surface area contributed by atoms with Crippen molar-refractivity contribution in [2.24, 2.45) is 5.73 Å². The van der Waals surface area contributed by atoms with E-state index in [1.165, 1.54) is 12.0 Å². The fraction of sp³-hybridized carbons (Fsp3) is 0.500. The van der Waals surface area contributed by atoms with E-state index < -0.39 is 6.10 Å². The van der Waals surface area contributed by atoms with Crippen LogP contribution < -0.4 is 5.73 Å². The van der Waals surface area contributed by atoms with Crippen LogP contribution in [0.2, 0.25) is 0 Å². The summed E-state index contributed by atoms with van der Waals surface area (Å²) in [7, 11) is 3.19. The van der Waals surface area contributed by atoms with Gasteiger partial charge in [-0.2, -0.15) is 0 Å². The van der Waals surface area contributed by atoms with Gasteiger partial charge in [0.15, 0.2) is 0 Å². The molecule has 0 bridgehead atoms. The molecular formula is C14H22N2O3. The second-order valence-electron chi connectivity index (χ2n) is 4.53. The van der Waals surface area contributed by atoms with Crippen molar-refractivity contribution in [1.29, 1.82) is 0 Å². The van der Waals surface area contributed by atoms with E-state index in [-0.39, 0.29) is 19.1 Å². The van der Waals surface area contributed by atoms with Crippen LogP contribution in [0.4, 0.5) is 0 Å². The third kappa shape index (κ3) is 4.98. The van der Waals surface area contributed by atoms with Gasteiger partial charge in [0.1, 0.15) is 0 Å². The lowest BCUT2D eigenvalue weighted by Gasteiger charge is -2.21. The number of amides is 1. The number of aliphatic hydroxyl groups excluding tert-OH is 1. The highest BCUT2D eigenvalue weighted by Crippen LogP contribution is 2.10. The molecule has 1 unspecified atom stereocenters. The molecule has 0 saturated heterocycles. The van der Waals surface area contributed by atoms with Gasteiger partial charge in [0.05, 0.1) is 19.1 Å². The summed E-state index contributed by atoms with van der Waals surface area (Å²) in [5.41, 5.74) is 7.55. The fourth-order valence-corrected chi connectivity index (χ4v) is 1.89. The molecule has 0 aliphatic heterocycles. The first-order valence-corrected chi connectivity index (χ1v) is 6.26. The summed E-state index contributed by atoms with van der Waals surface area (Å²) in [6, 6.07) is 7.62. The molecule has 1 atom stereocenters. The normalized spacial score (nSPS) is 12.2. The lowest BCUT2D eigenvalue weighted by atomic mass is 10.0. The van der Waals surface area contributed by atoms with Crippen molar-refractivity contribution >= 4 is 5.91 Å². The number of aliphatic hydroxyl groups is 1. The second kappa shape index (κ2) is 7.89. The zero-order valence-electron chi connectivity index (χ0n) is 11.5. The van der Waals surface area contributed by atoms with Crippen LogP contribution in [-0.4, -0.2) is 49.3 Å². The summed E-state index contributed by atoms with van der Waals surface area (Å²) in [5, 5.41) is 9.60. The highest BCUT2D eigenvalue weighted by molar-refractivity contribution is 5.78. The van der Waals surface area contributed by atoms with Gasteiger partial charge in [0.25, 0.3) is 0 Å². The Kier molecular flexibility index (Phi) is 6.49. The summed E-state index contributed by atoms with van der Waals surface area (Å²) in [6.07, 6.45) is -0.368. The molecular weight excluding hydrogens is 244 g/mol. The molecule has 1 aromatic rings. The zero-order valence-corrected chi connectivity index (χ0v) is 11.5. The fourth-order valence-electron chi connectivity index (χ4n) is 1.89. The van der Waals surface area contributed by atoms with Crippen LogP contribution in [0.5, 0.6) is 0 Å². The molecule has 5 nitrogen and oxygen atoms in total. The summed E-state index contributed by atoms with van der Waals surface area (Å²) in [6.45, 7) is 0.897. The van der Waals surface area contributed by atoms with Crippen LogP contribution >= 0.6 is 0 Å². The molecule has 1 amide bonds. The number of carbonyl (C=O) groups excluding carboxylic acids is 1. The quantitative estimate of drug-likeness (QED) is 0.737. The Balaban J connectivity index is 2.58. The number of likely N-dealkylation sites (N-methyl/N-ethyl adjacent to an activating group) is 1. The molecule has 0 radical (unpaired) electrons. The average molecular weight is 266 g/mol. The van der Waals surface area contributed by atoms with Crippen molar-refractivity contribution in [1.82, 2.24) is 4.90 Å². The predicted molar refractivity (Wildman–Crippen MR) is 73.6 cm³/mol. The molecule has 0 saturated carbocycles. The van der Waals surface area contributed by atoms with E-state index in [4.69, 9.17) is 10.5 Å². The van der Waals surface area contributed by atoms with Crippen molar-refractivity contribution in [3.05, 3.63) is 35.4 Å². The minimum atomic E-state index is -0.663. The Morgan fingerprint density at radius 3 is 2.63 bits per heavy atom. The van der Waals surface area contributed by atoms with E-state index in [9.17, 15) is 9.90 Å². The van der Waals surface area contributed by atoms with Crippen molar-refractivity contribution in [3.63, 3.8) is 0 Å². The molecule has 0 fully saturated rings. The largest absolute Gasteiger partial charge is 0.389 e. The van der Waals surface area contributed by atoms with Gasteiger partial charge in [-0.25, -0.2) is 0 Å². The maximum Gasteiger partial charge on any atom is 0.226 e. The van der Waals surface area contributed by atoms with Gasteiger partial charge < -0.3 is 20.5 Å². The number of hydrogen-bond donors (Lipinski definition) is 2. The monoisotopic (exact) mass is 266 g/mol. The van der Waals surface area contributed by atoms with Crippen LogP contribution in [0.25, 0.3) is 0 Å². The maximum atomic E-state index is 12.1. The summed E-state index contributed by atoms with van der Waals surface area (Å²) in [5.74, 6) is -0.0453. The Bertz CT molecular complexity index is 409. The highest BCUT2D eigenvalue weighted by Gasteiger charge is 2.15. The third-order valence-electron chi connectivity index (χ3n) is 2.95. The molecule has 0 heterocycles. The Labute approximate surface area is 114 Å². The van der Waals surface area contributed by atoms with E-state index in [0.717, 1.165) is 11.1 Å². The molecule has 0 aromatic heterocycles. The second-order valence-corrected chi connectivity index (χ2v) is 4.53. The molecule has 1 rings (SSSR count). The average Bonchev–Trinajstić information content (AvgIpc) is 2.39. The lowest BCUT2D eigenvalue weighted by Crippen LogP contribution is -2.37. The van der Waals surface area contributed by atoms with E-state index >= 15 is 0 Å². The smallest absolute Gasteiger partial charge is 0.226 e. The van der Waals surface area contributed by atoms with Gasteiger partial charge >= 0.3 is 0 Å². The van der Waals surface area contributed by atoms with Gasteiger partial charge in [-0.3, -0.25) is 4.79 Å². The molecule has 5 heteroatoms. The Morgan fingerprint density at radius 2 is 2.05 bits per heavy atom. The number of rotatable bonds is 7. The molecule has 106 valence electrons. The minimum Gasteiger partial charge on any atom is -0.389 e. The van der Waals surface area contributed by atoms with Crippen molar-refractivity contribution in [2.45, 2.75) is 19.1 Å². The Hall–Kier alpha value is -1.43. The summed E-state index contributed by atoms with van der Waals surface area (Å²) in [4.78, 5) is 13.6. The molecule has 0 aliphatic carbocycles. The molecule has 3 N–H and O–H groups in total. The topological polar surface area (TPSA) is 75.8 Å². The lowest BCUT2D eigenvalue weighted by molar-refractivity contribution is -0.130. The Morgan fingerprint density at radius 1 is 1.42 bits per heavy atom. The van der Waals surface area contributed by atoms with E-state index in [2.05, 4.69) is 0 Å². The number of nitrogens with zero attached hydrogens (tertiary/aromatic N) is 1. The zero-order chi connectivity index (χ0) is 14.3. The van der Waals surface area contributed by atoms with E-state index in [1.807, 2.05) is 24.3 Å². The van der Waals surface area contributed by atoms with Gasteiger partial charge in [0, 0.05) is 27.2 Å². The number of methoxy groups -OCH3 is 1. The van der Waals surface area contributed by atoms with Crippen LogP contribution in [-0.2, 0) is 22.5 Å². The maximum absolute atomic E-state index is 12.1. The predicted octanol–water partition coefficient (Wildman–Crippen LogP) is 0.154. The van der Waals surface area contributed by atoms with Crippen molar-refractivity contribution in [3.8, 4) is 0 Å². The first-order valence-electron chi connectivity index (χ1n) is 6.26. The van der Waals surface area contributed by atoms with Crippen LogP contribution in [0.15, 0.2) is 24.3 Å². The van der Waals surface area contributed by atoms with Gasteiger partial charge in [0.2, 0.25) is 5.91 Å². The van der Waals surface area contributed by atoms with Crippen LogP contribution in [0.3, 0.4) is 0 Å². The van der Waals surface area contributed by atoms with Crippen molar-refractivity contribution in [2.75, 3.05) is 27.3 Å². The SMILES string of the molecule is COCC(O)CN(C)C(=O)Cc1ccccc1CN. The molecule has 0 spiro atoms. The van der Waals surface area contributed by atoms with Gasteiger partial charge in [-0.05, 0) is 11.1 Å². The number of hydrogen-bond acceptors (Lipinski definition) is 4. The number of nitrogens with two attached hydrogens (primary N) is 1. The summed E-state index contributed by atoms with van der Waals surface area (Å²) < 4.78 is 4.83. The standard InChI is InChI=1S/C14H22N2O3/c1-16(9-13(17)10-19-2)14(18)7-11-5-3-4-6-12(11)8-15/h3-6,13,17H,7-10,15H2,1-2H3. The molecule has 1 aromatic carbocycles. The van der Waals surface area contributed by atoms with E-state index in [0.29, 0.717) is 13.0 Å². The first-order chi connectivity index (χ1) is 9.08. The number of carbonyl (C=O) groups is 1. The van der Waals surface area contributed by atoms with Gasteiger partial charge in [-0.1, -0.05) is 24.3 Å². The number of ether oxygens (including phenoxy) is 1. The molecule has 0 aliphatic rings.